The molecule has 1 fully saturated rings. The number of carbonyl (C=O) groups is 1. The molecule has 1 N–H and O–H groups in total. The van der Waals surface area contributed by atoms with Gasteiger partial charge in [-0.15, -0.1) is 32.9 Å². The number of aryl methyl sites for hydroxylation is 3. The summed E-state index contributed by atoms with van der Waals surface area (Å²) in [6.07, 6.45) is 6.44. The Kier molecular flexibility index (Phi) is 8.10. The number of nitrogens with zero attached hydrogens (tertiary/aromatic N) is 6. The molecule has 1 aliphatic carbocycles. The van der Waals surface area contributed by atoms with Crippen LogP contribution < -0.4 is 5.32 Å². The standard InChI is InChI=1S/C26H31N7O3S2/c1-15-24(38-17(3)28-15)21-14-37-26(29-21)30-22-10-9-18(12-27-22)25(34)33(4)19-7-5-6-8-20(11-19)35-13-23-32-31-16(2)36-23/h9-10,12,14,19-20H,5-8,11,13H2,1-4H3,(H,27,29,30)/t19-,20-/m0/s1. The van der Waals surface area contributed by atoms with Crippen molar-refractivity contribution >= 4 is 39.5 Å². The fourth-order valence-electron chi connectivity index (χ4n) is 4.66. The molecule has 1 saturated carbocycles. The van der Waals surface area contributed by atoms with Gasteiger partial charge >= 0.3 is 0 Å². The SMILES string of the molecule is Cc1nnc(CO[C@H]2CCCC[C@H](N(C)C(=O)c3ccc(Nc4nc(-c5sc(C)nc5C)cs4)nc3)C2)o1. The number of anilines is 2. The number of amides is 1. The predicted octanol–water partition coefficient (Wildman–Crippen LogP) is 5.70. The molecular weight excluding hydrogens is 522 g/mol. The maximum absolute atomic E-state index is 13.3. The fourth-order valence-corrected chi connectivity index (χ4v) is 6.32. The molecule has 200 valence electrons. The summed E-state index contributed by atoms with van der Waals surface area (Å²) in [5.41, 5.74) is 2.45. The lowest BCUT2D eigenvalue weighted by molar-refractivity contribution is 0.00729. The number of aromatic nitrogens is 5. The van der Waals surface area contributed by atoms with Crippen LogP contribution in [0.3, 0.4) is 0 Å². The lowest BCUT2D eigenvalue weighted by Crippen LogP contribution is -2.39. The molecule has 5 rings (SSSR count). The second kappa shape index (κ2) is 11.7. The Morgan fingerprint density at radius 3 is 2.74 bits per heavy atom. The summed E-state index contributed by atoms with van der Waals surface area (Å²) < 4.78 is 11.5. The molecule has 4 aromatic heterocycles. The second-order valence-electron chi connectivity index (χ2n) is 9.48. The highest BCUT2D eigenvalue weighted by Gasteiger charge is 2.27. The van der Waals surface area contributed by atoms with Crippen molar-refractivity contribution in [2.24, 2.45) is 0 Å². The number of nitrogens with one attached hydrogen (secondary N) is 1. The number of rotatable bonds is 8. The van der Waals surface area contributed by atoms with Crippen LogP contribution in [0, 0.1) is 20.8 Å². The number of hydrogen-bond acceptors (Lipinski definition) is 11. The molecule has 4 aromatic rings. The van der Waals surface area contributed by atoms with E-state index in [2.05, 4.69) is 30.5 Å². The van der Waals surface area contributed by atoms with E-state index in [1.54, 1.807) is 24.5 Å². The van der Waals surface area contributed by atoms with Crippen molar-refractivity contribution in [3.05, 3.63) is 51.8 Å². The summed E-state index contributed by atoms with van der Waals surface area (Å²) in [4.78, 5) is 29.8. The Labute approximate surface area is 229 Å². The summed E-state index contributed by atoms with van der Waals surface area (Å²) in [5, 5.41) is 14.9. The van der Waals surface area contributed by atoms with Crippen molar-refractivity contribution < 1.29 is 13.9 Å². The minimum Gasteiger partial charge on any atom is -0.423 e. The monoisotopic (exact) mass is 553 g/mol. The Morgan fingerprint density at radius 2 is 2.03 bits per heavy atom. The minimum absolute atomic E-state index is 0.0375. The smallest absolute Gasteiger partial charge is 0.255 e. The molecular formula is C26H31N7O3S2. The van der Waals surface area contributed by atoms with E-state index in [0.717, 1.165) is 58.5 Å². The first-order valence-electron chi connectivity index (χ1n) is 12.7. The van der Waals surface area contributed by atoms with E-state index in [-0.39, 0.29) is 18.1 Å². The zero-order chi connectivity index (χ0) is 26.6. The first-order chi connectivity index (χ1) is 18.4. The third-order valence-electron chi connectivity index (χ3n) is 6.61. The fraction of sp³-hybridized carbons (Fsp3) is 0.462. The predicted molar refractivity (Wildman–Crippen MR) is 147 cm³/mol. The van der Waals surface area contributed by atoms with Gasteiger partial charge in [0, 0.05) is 31.6 Å². The number of hydrogen-bond donors (Lipinski definition) is 1. The quantitative estimate of drug-likeness (QED) is 0.274. The number of thiazole rings is 2. The van der Waals surface area contributed by atoms with Gasteiger partial charge in [0.05, 0.1) is 32.9 Å². The van der Waals surface area contributed by atoms with Crippen molar-refractivity contribution in [2.45, 2.75) is 71.6 Å². The van der Waals surface area contributed by atoms with Crippen LogP contribution in [0.2, 0.25) is 0 Å². The van der Waals surface area contributed by atoms with Crippen molar-refractivity contribution in [3.8, 4) is 10.6 Å². The van der Waals surface area contributed by atoms with Crippen LogP contribution in [-0.4, -0.2) is 55.1 Å². The average molecular weight is 554 g/mol. The van der Waals surface area contributed by atoms with Crippen LogP contribution in [-0.2, 0) is 11.3 Å². The van der Waals surface area contributed by atoms with Crippen molar-refractivity contribution in [2.75, 3.05) is 12.4 Å². The summed E-state index contributed by atoms with van der Waals surface area (Å²) in [7, 11) is 1.86. The zero-order valence-corrected chi connectivity index (χ0v) is 23.6. The lowest BCUT2D eigenvalue weighted by Gasteiger charge is -2.29. The largest absolute Gasteiger partial charge is 0.423 e. The molecule has 0 aliphatic heterocycles. The summed E-state index contributed by atoms with van der Waals surface area (Å²) in [6.45, 7) is 6.05. The van der Waals surface area contributed by atoms with Gasteiger partial charge in [-0.1, -0.05) is 12.8 Å². The van der Waals surface area contributed by atoms with Gasteiger partial charge in [0.25, 0.3) is 5.91 Å². The van der Waals surface area contributed by atoms with Crippen LogP contribution in [0.1, 0.15) is 64.9 Å². The highest BCUT2D eigenvalue weighted by molar-refractivity contribution is 7.16. The van der Waals surface area contributed by atoms with E-state index in [0.29, 0.717) is 29.8 Å². The molecule has 10 nitrogen and oxygen atoms in total. The molecule has 0 radical (unpaired) electrons. The molecule has 1 aliphatic rings. The van der Waals surface area contributed by atoms with E-state index in [9.17, 15) is 4.79 Å². The molecule has 0 saturated heterocycles. The molecule has 1 amide bonds. The van der Waals surface area contributed by atoms with Gasteiger partial charge < -0.3 is 19.4 Å². The maximum atomic E-state index is 13.3. The number of pyridine rings is 1. The molecule has 2 atom stereocenters. The summed E-state index contributed by atoms with van der Waals surface area (Å²) >= 11 is 3.15. The van der Waals surface area contributed by atoms with Crippen molar-refractivity contribution in [1.29, 1.82) is 0 Å². The van der Waals surface area contributed by atoms with Crippen molar-refractivity contribution in [1.82, 2.24) is 30.0 Å². The summed E-state index contributed by atoms with van der Waals surface area (Å²) in [5.74, 6) is 1.60. The summed E-state index contributed by atoms with van der Waals surface area (Å²) in [6, 6.07) is 3.71. The second-order valence-corrected chi connectivity index (χ2v) is 11.5. The van der Waals surface area contributed by atoms with Gasteiger partial charge in [0.1, 0.15) is 12.4 Å². The van der Waals surface area contributed by atoms with Crippen LogP contribution in [0.15, 0.2) is 28.1 Å². The van der Waals surface area contributed by atoms with Gasteiger partial charge in [-0.2, -0.15) is 0 Å². The van der Waals surface area contributed by atoms with Gasteiger partial charge in [0.15, 0.2) is 5.13 Å². The number of ether oxygens (including phenoxy) is 1. The molecule has 38 heavy (non-hydrogen) atoms. The molecule has 0 spiro atoms. The van der Waals surface area contributed by atoms with Gasteiger partial charge in [-0.25, -0.2) is 15.0 Å². The van der Waals surface area contributed by atoms with E-state index < -0.39 is 0 Å². The van der Waals surface area contributed by atoms with E-state index in [1.807, 2.05) is 43.3 Å². The van der Waals surface area contributed by atoms with E-state index in [4.69, 9.17) is 9.15 Å². The molecule has 12 heteroatoms. The Morgan fingerprint density at radius 1 is 1.18 bits per heavy atom. The maximum Gasteiger partial charge on any atom is 0.255 e. The van der Waals surface area contributed by atoms with Gasteiger partial charge in [0.2, 0.25) is 11.8 Å². The molecule has 0 aromatic carbocycles. The third kappa shape index (κ3) is 6.25. The topological polar surface area (TPSA) is 119 Å². The zero-order valence-electron chi connectivity index (χ0n) is 21.9. The van der Waals surface area contributed by atoms with E-state index in [1.165, 1.54) is 11.3 Å². The Balaban J connectivity index is 1.18. The van der Waals surface area contributed by atoms with Crippen LogP contribution in [0.4, 0.5) is 10.9 Å². The first kappa shape index (κ1) is 26.4. The van der Waals surface area contributed by atoms with E-state index >= 15 is 0 Å². The average Bonchev–Trinajstić information content (AvgIpc) is 3.58. The first-order valence-corrected chi connectivity index (χ1v) is 14.4. The Bertz CT molecular complexity index is 1380. The molecule has 0 unspecified atom stereocenters. The molecule has 0 bridgehead atoms. The lowest BCUT2D eigenvalue weighted by atomic mass is 10.1. The van der Waals surface area contributed by atoms with Crippen LogP contribution in [0.5, 0.6) is 0 Å². The van der Waals surface area contributed by atoms with Crippen molar-refractivity contribution in [3.63, 3.8) is 0 Å². The minimum atomic E-state index is -0.0465. The number of carbonyl (C=O) groups excluding carboxylic acids is 1. The van der Waals surface area contributed by atoms with Crippen LogP contribution >= 0.6 is 22.7 Å². The normalized spacial score (nSPS) is 17.8. The Hall–Kier alpha value is -3.22. The van der Waals surface area contributed by atoms with Crippen LogP contribution in [0.25, 0.3) is 10.6 Å². The van der Waals surface area contributed by atoms with Gasteiger partial charge in [-0.3, -0.25) is 4.79 Å². The molecule has 4 heterocycles. The highest BCUT2D eigenvalue weighted by atomic mass is 32.1. The highest BCUT2D eigenvalue weighted by Crippen LogP contribution is 2.33. The van der Waals surface area contributed by atoms with Gasteiger partial charge in [-0.05, 0) is 45.2 Å². The third-order valence-corrected chi connectivity index (χ3v) is 8.47.